The summed E-state index contributed by atoms with van der Waals surface area (Å²) in [4.78, 5) is 11.9. The standard InChI is InChI=1S/C14H18N2O3S/c1-11(10-20(2,18)19)16-14(17)13(9-15)8-12-6-4-3-5-7-12/h3-7,11,13H,8,10H2,1-2H3,(H,16,17). The highest BCUT2D eigenvalue weighted by Crippen LogP contribution is 2.08. The second-order valence-electron chi connectivity index (χ2n) is 4.87. The summed E-state index contributed by atoms with van der Waals surface area (Å²) in [5, 5.41) is 11.6. The van der Waals surface area contributed by atoms with Gasteiger partial charge in [-0.25, -0.2) is 8.42 Å². The number of nitrogens with one attached hydrogen (secondary N) is 1. The summed E-state index contributed by atoms with van der Waals surface area (Å²) in [5.41, 5.74) is 0.893. The molecule has 0 bridgehead atoms. The van der Waals surface area contributed by atoms with Gasteiger partial charge in [0.05, 0.1) is 11.8 Å². The predicted octanol–water partition coefficient (Wildman–Crippen LogP) is 0.918. The van der Waals surface area contributed by atoms with Gasteiger partial charge >= 0.3 is 0 Å². The fraction of sp³-hybridized carbons (Fsp3) is 0.429. The largest absolute Gasteiger partial charge is 0.351 e. The van der Waals surface area contributed by atoms with Crippen molar-refractivity contribution in [3.05, 3.63) is 35.9 Å². The third kappa shape index (κ3) is 5.85. The molecule has 1 N–H and O–H groups in total. The number of nitrogens with zero attached hydrogens (tertiary/aromatic N) is 1. The number of sulfone groups is 1. The molecular formula is C14H18N2O3S. The summed E-state index contributed by atoms with van der Waals surface area (Å²) in [6.45, 7) is 1.61. The van der Waals surface area contributed by atoms with Gasteiger partial charge in [0, 0.05) is 12.3 Å². The number of hydrogen-bond acceptors (Lipinski definition) is 4. The number of nitriles is 1. The average Bonchev–Trinajstić information content (AvgIpc) is 2.34. The molecule has 0 aliphatic heterocycles. The number of benzene rings is 1. The van der Waals surface area contributed by atoms with Crippen LogP contribution in [-0.2, 0) is 21.1 Å². The molecule has 0 saturated carbocycles. The van der Waals surface area contributed by atoms with Crippen LogP contribution in [0, 0.1) is 17.2 Å². The quantitative estimate of drug-likeness (QED) is 0.845. The summed E-state index contributed by atoms with van der Waals surface area (Å²) in [5.74, 6) is -1.39. The van der Waals surface area contributed by atoms with Gasteiger partial charge in [-0.3, -0.25) is 4.79 Å². The van der Waals surface area contributed by atoms with Gasteiger partial charge < -0.3 is 5.32 Å². The van der Waals surface area contributed by atoms with E-state index in [9.17, 15) is 13.2 Å². The van der Waals surface area contributed by atoms with Crippen molar-refractivity contribution in [2.75, 3.05) is 12.0 Å². The second kappa shape index (κ2) is 7.06. The molecule has 0 aromatic heterocycles. The van der Waals surface area contributed by atoms with Gasteiger partial charge in [-0.15, -0.1) is 0 Å². The van der Waals surface area contributed by atoms with Crippen molar-refractivity contribution in [2.24, 2.45) is 5.92 Å². The first kappa shape index (κ1) is 16.2. The molecule has 108 valence electrons. The van der Waals surface area contributed by atoms with Crippen LogP contribution in [0.1, 0.15) is 12.5 Å². The number of hydrogen-bond donors (Lipinski definition) is 1. The normalized spacial score (nSPS) is 14.1. The predicted molar refractivity (Wildman–Crippen MR) is 76.6 cm³/mol. The molecule has 0 saturated heterocycles. The Bertz CT molecular complexity index is 591. The van der Waals surface area contributed by atoms with Crippen molar-refractivity contribution in [2.45, 2.75) is 19.4 Å². The molecule has 0 radical (unpaired) electrons. The van der Waals surface area contributed by atoms with Gasteiger partial charge in [0.2, 0.25) is 5.91 Å². The zero-order chi connectivity index (χ0) is 15.2. The summed E-state index contributed by atoms with van der Waals surface area (Å²) < 4.78 is 22.3. The van der Waals surface area contributed by atoms with Gasteiger partial charge in [0.25, 0.3) is 0 Å². The van der Waals surface area contributed by atoms with Crippen molar-refractivity contribution in [3.63, 3.8) is 0 Å². The number of amides is 1. The van der Waals surface area contributed by atoms with Crippen molar-refractivity contribution >= 4 is 15.7 Å². The van der Waals surface area contributed by atoms with Crippen LogP contribution < -0.4 is 5.32 Å². The van der Waals surface area contributed by atoms with Crippen LogP contribution in [0.15, 0.2) is 30.3 Å². The van der Waals surface area contributed by atoms with Crippen LogP contribution in [0.2, 0.25) is 0 Å². The van der Waals surface area contributed by atoms with Gasteiger partial charge in [-0.1, -0.05) is 30.3 Å². The highest BCUT2D eigenvalue weighted by atomic mass is 32.2. The first-order valence-corrected chi connectivity index (χ1v) is 8.29. The Morgan fingerprint density at radius 3 is 2.45 bits per heavy atom. The Balaban J connectivity index is 2.62. The van der Waals surface area contributed by atoms with E-state index in [1.54, 1.807) is 6.92 Å². The highest BCUT2D eigenvalue weighted by molar-refractivity contribution is 7.90. The molecule has 1 amide bonds. The summed E-state index contributed by atoms with van der Waals surface area (Å²) >= 11 is 0. The minimum Gasteiger partial charge on any atom is -0.351 e. The van der Waals surface area contributed by atoms with E-state index in [0.29, 0.717) is 6.42 Å². The monoisotopic (exact) mass is 294 g/mol. The maximum atomic E-state index is 11.9. The molecule has 0 aliphatic carbocycles. The number of carbonyl (C=O) groups excluding carboxylic acids is 1. The second-order valence-corrected chi connectivity index (χ2v) is 7.06. The third-order valence-electron chi connectivity index (χ3n) is 2.70. The van der Waals surface area contributed by atoms with E-state index in [1.807, 2.05) is 36.4 Å². The van der Waals surface area contributed by atoms with E-state index >= 15 is 0 Å². The lowest BCUT2D eigenvalue weighted by molar-refractivity contribution is -0.123. The van der Waals surface area contributed by atoms with Crippen molar-refractivity contribution < 1.29 is 13.2 Å². The van der Waals surface area contributed by atoms with Crippen LogP contribution in [0.4, 0.5) is 0 Å². The minimum atomic E-state index is -3.16. The van der Waals surface area contributed by atoms with Crippen LogP contribution in [0.3, 0.4) is 0 Å². The van der Waals surface area contributed by atoms with Gasteiger partial charge in [-0.2, -0.15) is 5.26 Å². The fourth-order valence-corrected chi connectivity index (χ4v) is 2.88. The van der Waals surface area contributed by atoms with E-state index in [4.69, 9.17) is 5.26 Å². The molecule has 0 aliphatic rings. The fourth-order valence-electron chi connectivity index (χ4n) is 1.89. The summed E-state index contributed by atoms with van der Waals surface area (Å²) in [7, 11) is -3.16. The molecule has 1 aromatic carbocycles. The molecule has 0 heterocycles. The van der Waals surface area contributed by atoms with E-state index < -0.39 is 27.7 Å². The first-order chi connectivity index (χ1) is 9.31. The van der Waals surface area contributed by atoms with Crippen LogP contribution in [0.25, 0.3) is 0 Å². The molecular weight excluding hydrogens is 276 g/mol. The van der Waals surface area contributed by atoms with Crippen molar-refractivity contribution in [1.82, 2.24) is 5.32 Å². The minimum absolute atomic E-state index is 0.137. The Hall–Kier alpha value is -1.87. The summed E-state index contributed by atoms with van der Waals surface area (Å²) in [6.07, 6.45) is 1.43. The van der Waals surface area contributed by atoms with Gasteiger partial charge in [0.1, 0.15) is 15.8 Å². The lowest BCUT2D eigenvalue weighted by Crippen LogP contribution is -2.41. The average molecular weight is 294 g/mol. The molecule has 20 heavy (non-hydrogen) atoms. The molecule has 1 aromatic rings. The highest BCUT2D eigenvalue weighted by Gasteiger charge is 2.21. The van der Waals surface area contributed by atoms with E-state index in [2.05, 4.69) is 5.32 Å². The molecule has 2 unspecified atom stereocenters. The lowest BCUT2D eigenvalue weighted by atomic mass is 10.00. The zero-order valence-electron chi connectivity index (χ0n) is 11.5. The van der Waals surface area contributed by atoms with Crippen molar-refractivity contribution in [1.29, 1.82) is 5.26 Å². The van der Waals surface area contributed by atoms with Crippen molar-refractivity contribution in [3.8, 4) is 6.07 Å². The molecule has 2 atom stereocenters. The molecule has 6 heteroatoms. The maximum absolute atomic E-state index is 11.9. The topological polar surface area (TPSA) is 87.0 Å². The molecule has 0 spiro atoms. The Kier molecular flexibility index (Phi) is 5.71. The lowest BCUT2D eigenvalue weighted by Gasteiger charge is -2.15. The SMILES string of the molecule is CC(CS(C)(=O)=O)NC(=O)C(C#N)Cc1ccccc1. The molecule has 0 fully saturated rings. The number of carbonyl (C=O) groups is 1. The van der Waals surface area contributed by atoms with Gasteiger partial charge in [-0.05, 0) is 18.9 Å². The van der Waals surface area contributed by atoms with Crippen LogP contribution in [-0.4, -0.2) is 32.4 Å². The third-order valence-corrected chi connectivity index (χ3v) is 3.80. The zero-order valence-corrected chi connectivity index (χ0v) is 12.4. The first-order valence-electron chi connectivity index (χ1n) is 6.23. The Labute approximate surface area is 119 Å². The smallest absolute Gasteiger partial charge is 0.237 e. The van der Waals surface area contributed by atoms with Crippen LogP contribution in [0.5, 0.6) is 0 Å². The van der Waals surface area contributed by atoms with Gasteiger partial charge in [0.15, 0.2) is 0 Å². The van der Waals surface area contributed by atoms with Crippen LogP contribution >= 0.6 is 0 Å². The van der Waals surface area contributed by atoms with E-state index in [-0.39, 0.29) is 5.75 Å². The summed E-state index contributed by atoms with van der Waals surface area (Å²) in [6, 6.07) is 10.7. The van der Waals surface area contributed by atoms with E-state index in [1.165, 1.54) is 0 Å². The molecule has 1 rings (SSSR count). The van der Waals surface area contributed by atoms with E-state index in [0.717, 1.165) is 11.8 Å². The molecule has 5 nitrogen and oxygen atoms in total. The number of rotatable bonds is 6. The Morgan fingerprint density at radius 2 is 1.95 bits per heavy atom. The maximum Gasteiger partial charge on any atom is 0.237 e. The Morgan fingerprint density at radius 1 is 1.35 bits per heavy atom.